The number of carbonyl (C=O) groups is 1. The zero-order valence-corrected chi connectivity index (χ0v) is 11.9. The molecule has 0 aliphatic heterocycles. The van der Waals surface area contributed by atoms with Crippen molar-refractivity contribution >= 4 is 33.5 Å². The van der Waals surface area contributed by atoms with Crippen molar-refractivity contribution < 1.29 is 18.0 Å². The molecule has 0 aliphatic rings. The van der Waals surface area contributed by atoms with Crippen LogP contribution in [0.3, 0.4) is 0 Å². The van der Waals surface area contributed by atoms with E-state index in [1.165, 1.54) is 18.5 Å². The molecule has 0 aliphatic carbocycles. The number of carbonyl (C=O) groups excluding carboxylic acids is 1. The molecule has 6 nitrogen and oxygen atoms in total. The Kier molecular flexibility index (Phi) is 4.16. The summed E-state index contributed by atoms with van der Waals surface area (Å²) in [5, 5.41) is 5.86. The Hall–Kier alpha value is -2.10. The molecule has 0 bridgehead atoms. The van der Waals surface area contributed by atoms with E-state index >= 15 is 0 Å². The molecule has 0 atom stereocenters. The third kappa shape index (κ3) is 3.94. The zero-order valence-electron chi connectivity index (χ0n) is 10.4. The lowest BCUT2D eigenvalue weighted by Gasteiger charge is -2.14. The number of nitrogens with one attached hydrogen (secondary N) is 1. The van der Waals surface area contributed by atoms with Gasteiger partial charge in [-0.15, -0.1) is 5.10 Å². The second-order valence-corrected chi connectivity index (χ2v) is 4.95. The van der Waals surface area contributed by atoms with Crippen molar-refractivity contribution in [1.82, 2.24) is 14.8 Å². The van der Waals surface area contributed by atoms with Crippen LogP contribution in [0.25, 0.3) is 0 Å². The molecular weight excluding hydrogens is 355 g/mol. The molecule has 0 unspecified atom stereocenters. The monoisotopic (exact) mass is 363 g/mol. The SMILES string of the molecule is Nc1ncn(CC(=O)Nc2ccc(Br)cc2C(F)(F)F)n1. The van der Waals surface area contributed by atoms with Crippen LogP contribution >= 0.6 is 15.9 Å². The van der Waals surface area contributed by atoms with Crippen molar-refractivity contribution in [3.63, 3.8) is 0 Å². The fourth-order valence-corrected chi connectivity index (χ4v) is 1.94. The summed E-state index contributed by atoms with van der Waals surface area (Å²) in [5.74, 6) is -0.699. The van der Waals surface area contributed by atoms with Gasteiger partial charge in [-0.1, -0.05) is 15.9 Å². The van der Waals surface area contributed by atoms with Crippen LogP contribution < -0.4 is 11.1 Å². The minimum absolute atomic E-state index is 0.0255. The van der Waals surface area contributed by atoms with Crippen molar-refractivity contribution in [3.05, 3.63) is 34.6 Å². The number of alkyl halides is 3. The van der Waals surface area contributed by atoms with Gasteiger partial charge in [-0.3, -0.25) is 4.79 Å². The number of anilines is 2. The van der Waals surface area contributed by atoms with Gasteiger partial charge in [0.25, 0.3) is 0 Å². The van der Waals surface area contributed by atoms with Gasteiger partial charge < -0.3 is 11.1 Å². The largest absolute Gasteiger partial charge is 0.418 e. The number of amides is 1. The maximum atomic E-state index is 12.9. The maximum absolute atomic E-state index is 12.9. The molecule has 0 spiro atoms. The van der Waals surface area contributed by atoms with Crippen LogP contribution in [0.15, 0.2) is 29.0 Å². The molecule has 2 aromatic rings. The molecule has 0 fully saturated rings. The number of benzene rings is 1. The highest BCUT2D eigenvalue weighted by atomic mass is 79.9. The molecule has 10 heteroatoms. The number of nitrogens with zero attached hydrogens (tertiary/aromatic N) is 3. The van der Waals surface area contributed by atoms with Gasteiger partial charge in [-0.2, -0.15) is 13.2 Å². The van der Waals surface area contributed by atoms with Crippen molar-refractivity contribution in [3.8, 4) is 0 Å². The van der Waals surface area contributed by atoms with E-state index in [2.05, 4.69) is 31.3 Å². The van der Waals surface area contributed by atoms with Gasteiger partial charge in [-0.05, 0) is 18.2 Å². The number of aromatic nitrogens is 3. The quantitative estimate of drug-likeness (QED) is 0.875. The van der Waals surface area contributed by atoms with Gasteiger partial charge in [0.2, 0.25) is 11.9 Å². The Labute approximate surface area is 125 Å². The molecule has 0 saturated heterocycles. The maximum Gasteiger partial charge on any atom is 0.418 e. The summed E-state index contributed by atoms with van der Waals surface area (Å²) in [5.41, 5.74) is 4.00. The first-order valence-corrected chi connectivity index (χ1v) is 6.36. The Morgan fingerprint density at radius 1 is 1.43 bits per heavy atom. The number of hydrogen-bond donors (Lipinski definition) is 2. The predicted octanol–water partition coefficient (Wildman–Crippen LogP) is 2.28. The van der Waals surface area contributed by atoms with Crippen LogP contribution in [0.4, 0.5) is 24.8 Å². The van der Waals surface area contributed by atoms with E-state index in [4.69, 9.17) is 5.73 Å². The van der Waals surface area contributed by atoms with Crippen LogP contribution in [0.2, 0.25) is 0 Å². The van der Waals surface area contributed by atoms with Gasteiger partial charge in [0.05, 0.1) is 11.3 Å². The third-order valence-corrected chi connectivity index (χ3v) is 2.91. The minimum Gasteiger partial charge on any atom is -0.367 e. The Morgan fingerprint density at radius 3 is 2.71 bits per heavy atom. The standard InChI is InChI=1S/C11H9BrF3N5O/c12-6-1-2-8(7(3-6)11(13,14)15)18-9(21)4-20-5-17-10(16)19-20/h1-3,5H,4H2,(H2,16,19)(H,18,21). The topological polar surface area (TPSA) is 85.8 Å². The fraction of sp³-hybridized carbons (Fsp3) is 0.182. The number of nitrogens with two attached hydrogens (primary N) is 1. The second-order valence-electron chi connectivity index (χ2n) is 4.04. The smallest absolute Gasteiger partial charge is 0.367 e. The highest BCUT2D eigenvalue weighted by molar-refractivity contribution is 9.10. The summed E-state index contributed by atoms with van der Waals surface area (Å²) in [6.07, 6.45) is -3.37. The molecule has 0 saturated carbocycles. The van der Waals surface area contributed by atoms with Crippen LogP contribution in [-0.2, 0) is 17.5 Å². The molecule has 112 valence electrons. The molecule has 3 N–H and O–H groups in total. The number of hydrogen-bond acceptors (Lipinski definition) is 4. The lowest BCUT2D eigenvalue weighted by atomic mass is 10.1. The van der Waals surface area contributed by atoms with Gasteiger partial charge in [0.15, 0.2) is 0 Å². The van der Waals surface area contributed by atoms with Gasteiger partial charge >= 0.3 is 6.18 Å². The summed E-state index contributed by atoms with van der Waals surface area (Å²) in [7, 11) is 0. The molecule has 1 amide bonds. The summed E-state index contributed by atoms with van der Waals surface area (Å²) < 4.78 is 40.1. The Balaban J connectivity index is 2.17. The lowest BCUT2D eigenvalue weighted by molar-refractivity contribution is -0.137. The van der Waals surface area contributed by atoms with E-state index in [0.29, 0.717) is 0 Å². The van der Waals surface area contributed by atoms with Crippen molar-refractivity contribution in [1.29, 1.82) is 0 Å². The van der Waals surface area contributed by atoms with Gasteiger partial charge in [0, 0.05) is 4.47 Å². The lowest BCUT2D eigenvalue weighted by Crippen LogP contribution is -2.21. The van der Waals surface area contributed by atoms with Crippen LogP contribution in [0.1, 0.15) is 5.56 Å². The Morgan fingerprint density at radius 2 is 2.14 bits per heavy atom. The zero-order chi connectivity index (χ0) is 15.6. The van der Waals surface area contributed by atoms with Crippen LogP contribution in [-0.4, -0.2) is 20.7 Å². The summed E-state index contributed by atoms with van der Waals surface area (Å²) in [6.45, 7) is -0.294. The van der Waals surface area contributed by atoms with E-state index in [0.717, 1.165) is 10.7 Å². The van der Waals surface area contributed by atoms with Gasteiger partial charge in [0.1, 0.15) is 12.9 Å². The Bertz CT molecular complexity index is 670. The van der Waals surface area contributed by atoms with E-state index in [9.17, 15) is 18.0 Å². The fourth-order valence-electron chi connectivity index (χ4n) is 1.58. The summed E-state index contributed by atoms with van der Waals surface area (Å²) in [6, 6.07) is 3.46. The van der Waals surface area contributed by atoms with E-state index in [-0.39, 0.29) is 22.7 Å². The van der Waals surface area contributed by atoms with Crippen LogP contribution in [0, 0.1) is 0 Å². The van der Waals surface area contributed by atoms with Crippen molar-refractivity contribution in [2.45, 2.75) is 12.7 Å². The average Bonchev–Trinajstić information content (AvgIpc) is 2.75. The van der Waals surface area contributed by atoms with E-state index < -0.39 is 17.6 Å². The first kappa shape index (κ1) is 15.3. The second kappa shape index (κ2) is 5.72. The highest BCUT2D eigenvalue weighted by Gasteiger charge is 2.34. The van der Waals surface area contributed by atoms with Crippen LogP contribution in [0.5, 0.6) is 0 Å². The molecule has 1 heterocycles. The summed E-state index contributed by atoms with van der Waals surface area (Å²) in [4.78, 5) is 15.3. The van der Waals surface area contributed by atoms with E-state index in [1.807, 2.05) is 0 Å². The molecular formula is C11H9BrF3N5O. The molecule has 21 heavy (non-hydrogen) atoms. The molecule has 0 radical (unpaired) electrons. The first-order chi connectivity index (χ1) is 9.75. The number of halogens is 4. The van der Waals surface area contributed by atoms with Crippen molar-refractivity contribution in [2.75, 3.05) is 11.1 Å². The normalized spacial score (nSPS) is 11.4. The van der Waals surface area contributed by atoms with Crippen molar-refractivity contribution in [2.24, 2.45) is 0 Å². The third-order valence-electron chi connectivity index (χ3n) is 2.42. The number of rotatable bonds is 3. The first-order valence-electron chi connectivity index (χ1n) is 5.57. The average molecular weight is 364 g/mol. The minimum atomic E-state index is -4.58. The van der Waals surface area contributed by atoms with Gasteiger partial charge in [-0.25, -0.2) is 9.67 Å². The molecule has 2 rings (SSSR count). The predicted molar refractivity (Wildman–Crippen MR) is 72.2 cm³/mol. The molecule has 1 aromatic carbocycles. The van der Waals surface area contributed by atoms with E-state index in [1.54, 1.807) is 0 Å². The molecule has 1 aromatic heterocycles. The number of nitrogen functional groups attached to an aromatic ring is 1. The highest BCUT2D eigenvalue weighted by Crippen LogP contribution is 2.36. The summed E-state index contributed by atoms with van der Waals surface area (Å²) >= 11 is 2.96.